The molecule has 0 radical (unpaired) electrons. The van der Waals surface area contributed by atoms with Crippen LogP contribution in [-0.2, 0) is 44.9 Å². The van der Waals surface area contributed by atoms with Crippen LogP contribution in [0, 0.1) is 6.92 Å². The molecule has 0 spiro atoms. The zero-order valence-electron chi connectivity index (χ0n) is 23.7. The lowest BCUT2D eigenvalue weighted by Gasteiger charge is -2.14. The number of hydrogen-bond donors (Lipinski definition) is 1. The molecule has 42 heavy (non-hydrogen) atoms. The van der Waals surface area contributed by atoms with Gasteiger partial charge in [0.2, 0.25) is 5.76 Å². The zero-order valence-corrected chi connectivity index (χ0v) is 24.5. The lowest BCUT2D eigenvalue weighted by molar-refractivity contribution is -0.135. The third kappa shape index (κ3) is 8.72. The number of carboxylic acid groups (broad SMARTS) is 1. The molecular weight excluding hydrogens is 552 g/mol. The second-order valence-corrected chi connectivity index (χ2v) is 11.4. The summed E-state index contributed by atoms with van der Waals surface area (Å²) in [7, 11) is -2.53. The molecule has 0 aliphatic rings. The molecule has 0 heterocycles. The average Bonchev–Trinajstić information content (AvgIpc) is 2.97. The minimum absolute atomic E-state index is 0.175. The highest BCUT2D eigenvalue weighted by atomic mass is 32.2. The van der Waals surface area contributed by atoms with Crippen molar-refractivity contribution in [2.45, 2.75) is 38.5 Å². The van der Waals surface area contributed by atoms with Crippen LogP contribution in [0.5, 0.6) is 11.5 Å². The highest BCUT2D eigenvalue weighted by Gasteiger charge is 2.18. The lowest BCUT2D eigenvalue weighted by Crippen LogP contribution is -2.14. The van der Waals surface area contributed by atoms with E-state index >= 15 is 0 Å². The Balaban J connectivity index is 1.48. The average molecular weight is 587 g/mol. The minimum Gasteiger partial charge on any atom is -0.490 e. The fourth-order valence-corrected chi connectivity index (χ4v) is 5.69. The van der Waals surface area contributed by atoms with Crippen LogP contribution < -0.4 is 8.92 Å². The van der Waals surface area contributed by atoms with Crippen molar-refractivity contribution in [2.24, 2.45) is 0 Å². The summed E-state index contributed by atoms with van der Waals surface area (Å²) < 4.78 is 42.5. The molecule has 0 saturated heterocycles. The first kappa shape index (κ1) is 30.4. The number of aryl methyl sites for hydroxylation is 3. The molecule has 0 bridgehead atoms. The van der Waals surface area contributed by atoms with Crippen molar-refractivity contribution in [1.29, 1.82) is 0 Å². The van der Waals surface area contributed by atoms with E-state index in [4.69, 9.17) is 13.7 Å². The maximum atomic E-state index is 12.9. The van der Waals surface area contributed by atoms with Gasteiger partial charge in [-0.25, -0.2) is 4.79 Å². The number of benzene rings is 4. The molecule has 0 fully saturated rings. The predicted molar refractivity (Wildman–Crippen MR) is 163 cm³/mol. The molecule has 0 aliphatic carbocycles. The maximum absolute atomic E-state index is 12.9. The molecule has 8 heteroatoms. The van der Waals surface area contributed by atoms with E-state index in [1.807, 2.05) is 79.7 Å². The van der Waals surface area contributed by atoms with E-state index in [1.54, 1.807) is 24.3 Å². The summed E-state index contributed by atoms with van der Waals surface area (Å²) in [5.41, 5.74) is 4.99. The fourth-order valence-electron chi connectivity index (χ4n) is 4.49. The van der Waals surface area contributed by atoms with Crippen molar-refractivity contribution in [3.63, 3.8) is 0 Å². The van der Waals surface area contributed by atoms with Crippen LogP contribution in [0.4, 0.5) is 0 Å². The van der Waals surface area contributed by atoms with Gasteiger partial charge in [-0.1, -0.05) is 84.9 Å². The van der Waals surface area contributed by atoms with Gasteiger partial charge in [-0.2, -0.15) is 8.42 Å². The molecular formula is C34H34O7S. The molecule has 4 aromatic rings. The van der Waals surface area contributed by atoms with Gasteiger partial charge < -0.3 is 18.8 Å². The Bertz CT molecular complexity index is 1640. The van der Waals surface area contributed by atoms with Gasteiger partial charge in [-0.15, -0.1) is 0 Å². The van der Waals surface area contributed by atoms with Crippen LogP contribution in [0.15, 0.2) is 103 Å². The third-order valence-electron chi connectivity index (χ3n) is 6.73. The van der Waals surface area contributed by atoms with Crippen LogP contribution in [0.3, 0.4) is 0 Å². The topological polar surface area (TPSA) is 99.1 Å². The number of hydrogen-bond acceptors (Lipinski definition) is 6. The van der Waals surface area contributed by atoms with Crippen LogP contribution in [0.25, 0.3) is 6.08 Å². The van der Waals surface area contributed by atoms with Crippen LogP contribution in [-0.4, -0.2) is 26.6 Å². The van der Waals surface area contributed by atoms with Crippen molar-refractivity contribution in [3.05, 3.63) is 136 Å². The molecule has 0 amide bonds. The van der Waals surface area contributed by atoms with Crippen LogP contribution in [0.1, 0.15) is 39.8 Å². The standard InChI is InChI=1S/C34H34O7S/c1-25-11-6-7-15-30(25)24-42(37,38)41-31-18-9-8-14-28(31)16-10-17-29-20-19-27(22-33(39-2)34(35)36)21-32(29)40-23-26-12-4-3-5-13-26/h3-9,11-15,18-22H,10,16-17,23-24H2,1-2H3,(H,35,36)/b33-22-. The molecule has 218 valence electrons. The van der Waals surface area contributed by atoms with E-state index < -0.39 is 16.1 Å². The second-order valence-electron chi connectivity index (χ2n) is 9.83. The van der Waals surface area contributed by atoms with Crippen molar-refractivity contribution in [1.82, 2.24) is 0 Å². The van der Waals surface area contributed by atoms with E-state index in [0.717, 1.165) is 22.3 Å². The van der Waals surface area contributed by atoms with Gasteiger partial charge in [0.15, 0.2) is 0 Å². The third-order valence-corrected chi connectivity index (χ3v) is 7.83. The Kier molecular flexibility index (Phi) is 10.4. The Morgan fingerprint density at radius 2 is 1.45 bits per heavy atom. The highest BCUT2D eigenvalue weighted by Crippen LogP contribution is 2.28. The summed E-state index contributed by atoms with van der Waals surface area (Å²) in [6, 6.07) is 29.8. The summed E-state index contributed by atoms with van der Waals surface area (Å²) in [4.78, 5) is 11.4. The summed E-state index contributed by atoms with van der Waals surface area (Å²) in [6.45, 7) is 2.23. The quantitative estimate of drug-likeness (QED) is 0.0994. The molecule has 0 aliphatic heterocycles. The van der Waals surface area contributed by atoms with E-state index in [1.165, 1.54) is 13.2 Å². The molecule has 0 atom stereocenters. The Morgan fingerprint density at radius 1 is 0.810 bits per heavy atom. The predicted octanol–water partition coefficient (Wildman–Crippen LogP) is 6.73. The van der Waals surface area contributed by atoms with Crippen molar-refractivity contribution >= 4 is 22.2 Å². The number of methoxy groups -OCH3 is 1. The van der Waals surface area contributed by atoms with Crippen molar-refractivity contribution in [2.75, 3.05) is 7.11 Å². The molecule has 0 unspecified atom stereocenters. The van der Waals surface area contributed by atoms with E-state index in [2.05, 4.69) is 0 Å². The second kappa shape index (κ2) is 14.4. The first-order valence-electron chi connectivity index (χ1n) is 13.6. The number of carbonyl (C=O) groups is 1. The number of ether oxygens (including phenoxy) is 2. The van der Waals surface area contributed by atoms with E-state index in [0.29, 0.717) is 48.5 Å². The highest BCUT2D eigenvalue weighted by molar-refractivity contribution is 7.86. The maximum Gasteiger partial charge on any atom is 0.371 e. The molecule has 0 saturated carbocycles. The van der Waals surface area contributed by atoms with E-state index in [-0.39, 0.29) is 11.5 Å². The Labute approximate surface area is 247 Å². The number of para-hydroxylation sites is 1. The van der Waals surface area contributed by atoms with Crippen molar-refractivity contribution < 1.29 is 32.0 Å². The van der Waals surface area contributed by atoms with Crippen LogP contribution >= 0.6 is 0 Å². The van der Waals surface area contributed by atoms with Gasteiger partial charge in [0.05, 0.1) is 7.11 Å². The fraction of sp³-hybridized carbons (Fsp3) is 0.206. The first-order valence-corrected chi connectivity index (χ1v) is 15.1. The largest absolute Gasteiger partial charge is 0.490 e. The summed E-state index contributed by atoms with van der Waals surface area (Å²) in [5.74, 6) is -0.573. The molecule has 7 nitrogen and oxygen atoms in total. The van der Waals surface area contributed by atoms with Gasteiger partial charge >= 0.3 is 16.1 Å². The van der Waals surface area contributed by atoms with Crippen LogP contribution in [0.2, 0.25) is 0 Å². The smallest absolute Gasteiger partial charge is 0.371 e. The summed E-state index contributed by atoms with van der Waals surface area (Å²) in [5, 5.41) is 9.34. The summed E-state index contributed by atoms with van der Waals surface area (Å²) in [6.07, 6.45) is 3.39. The molecule has 0 aromatic heterocycles. The number of rotatable bonds is 14. The van der Waals surface area contributed by atoms with Gasteiger partial charge in [0.1, 0.15) is 23.9 Å². The molecule has 1 N–H and O–H groups in total. The Morgan fingerprint density at radius 3 is 2.14 bits per heavy atom. The minimum atomic E-state index is -3.85. The van der Waals surface area contributed by atoms with Crippen molar-refractivity contribution in [3.8, 4) is 11.5 Å². The van der Waals surface area contributed by atoms with E-state index in [9.17, 15) is 18.3 Å². The Hall–Kier alpha value is -4.56. The lowest BCUT2D eigenvalue weighted by atomic mass is 10.0. The first-order chi connectivity index (χ1) is 20.2. The molecule has 4 rings (SSSR count). The van der Waals surface area contributed by atoms with Gasteiger partial charge in [0.25, 0.3) is 0 Å². The number of aliphatic carboxylic acids is 1. The van der Waals surface area contributed by atoms with Gasteiger partial charge in [0, 0.05) is 0 Å². The zero-order chi connectivity index (χ0) is 30.0. The molecule has 4 aromatic carbocycles. The monoisotopic (exact) mass is 586 g/mol. The number of carboxylic acids is 1. The normalized spacial score (nSPS) is 11.6. The van der Waals surface area contributed by atoms with Gasteiger partial charge in [-0.05, 0) is 77.8 Å². The SMILES string of the molecule is CO/C(=C\c1ccc(CCCc2ccccc2OS(=O)(=O)Cc2ccccc2C)c(OCc2ccccc2)c1)C(=O)O. The van der Waals surface area contributed by atoms with Gasteiger partial charge in [-0.3, -0.25) is 0 Å². The summed E-state index contributed by atoms with van der Waals surface area (Å²) >= 11 is 0.